The largest absolute Gasteiger partial charge is 0.497 e. The molecular weight excluding hydrogens is 504 g/mol. The summed E-state index contributed by atoms with van der Waals surface area (Å²) in [6, 6.07) is 6.50. The van der Waals surface area contributed by atoms with E-state index in [2.05, 4.69) is 113 Å². The van der Waals surface area contributed by atoms with E-state index < -0.39 is 0 Å². The molecule has 0 N–H and O–H groups in total. The standard InChI is InChI=1S/C37H49N2O2/c1-10-38-32-19-17-28(40-8)23-30(32)36(4,5)34(38)21-15-26-13-12-14-27(25(26)3)16-22-35-37(6,7)31-24-29(41-9)18-20-33(31)39(35)11-2/h15-23,29H,10-14,24H2,1-9H3/q+1. The highest BCUT2D eigenvalue weighted by molar-refractivity contribution is 6.03. The van der Waals surface area contributed by atoms with Gasteiger partial charge in [-0.05, 0) is 100 Å². The van der Waals surface area contributed by atoms with E-state index in [1.54, 1.807) is 7.11 Å². The molecule has 0 spiro atoms. The van der Waals surface area contributed by atoms with Crippen LogP contribution in [0.25, 0.3) is 0 Å². The topological polar surface area (TPSA) is 24.7 Å². The van der Waals surface area contributed by atoms with Gasteiger partial charge in [-0.2, -0.15) is 4.58 Å². The van der Waals surface area contributed by atoms with E-state index in [0.29, 0.717) is 0 Å². The van der Waals surface area contributed by atoms with Crippen LogP contribution in [0.3, 0.4) is 0 Å². The van der Waals surface area contributed by atoms with Crippen molar-refractivity contribution >= 4 is 11.4 Å². The predicted molar refractivity (Wildman–Crippen MR) is 171 cm³/mol. The van der Waals surface area contributed by atoms with Crippen LogP contribution in [0, 0.1) is 5.41 Å². The zero-order chi connectivity index (χ0) is 29.5. The molecule has 0 bridgehead atoms. The number of nitrogens with zero attached hydrogens (tertiary/aromatic N) is 2. The first-order valence-electron chi connectivity index (χ1n) is 15.4. The number of likely N-dealkylation sites (N-methyl/N-ethyl adjacent to an activating group) is 1. The van der Waals surface area contributed by atoms with Crippen LogP contribution in [-0.2, 0) is 10.2 Å². The second-order valence-electron chi connectivity index (χ2n) is 12.8. The number of rotatable bonds is 7. The van der Waals surface area contributed by atoms with E-state index in [0.717, 1.165) is 38.1 Å². The number of hydrogen-bond acceptors (Lipinski definition) is 3. The van der Waals surface area contributed by atoms with Crippen molar-refractivity contribution in [1.29, 1.82) is 0 Å². The van der Waals surface area contributed by atoms with Gasteiger partial charge in [0.15, 0.2) is 5.71 Å². The Balaban J connectivity index is 1.45. The average molecular weight is 554 g/mol. The number of methoxy groups -OCH3 is 2. The van der Waals surface area contributed by atoms with Crippen molar-refractivity contribution in [1.82, 2.24) is 4.90 Å². The molecular formula is C37H49N2O2+. The van der Waals surface area contributed by atoms with Gasteiger partial charge in [0.05, 0.1) is 18.6 Å². The van der Waals surface area contributed by atoms with Crippen LogP contribution in [0.5, 0.6) is 5.75 Å². The molecule has 0 amide bonds. The lowest BCUT2D eigenvalue weighted by atomic mass is 9.78. The first-order chi connectivity index (χ1) is 19.6. The molecule has 0 aromatic heterocycles. The summed E-state index contributed by atoms with van der Waals surface area (Å²) < 4.78 is 13.7. The molecule has 0 saturated heterocycles. The van der Waals surface area contributed by atoms with E-state index in [1.165, 1.54) is 57.1 Å². The maximum Gasteiger partial charge on any atom is 0.210 e. The SMILES string of the molecule is CCN1C2=C(CC(OC)C=C2)C(C)(C)/C1=C\C=C1/CCCC(/C=C/C2=[N+](CC)c3ccc(OC)cc3C2(C)C)=C1C. The van der Waals surface area contributed by atoms with E-state index in [9.17, 15) is 0 Å². The zero-order valence-electron chi connectivity index (χ0n) is 26.7. The molecule has 0 fully saturated rings. The zero-order valence-corrected chi connectivity index (χ0v) is 26.7. The Morgan fingerprint density at radius 1 is 1.02 bits per heavy atom. The number of hydrogen-bond donors (Lipinski definition) is 0. The van der Waals surface area contributed by atoms with Gasteiger partial charge >= 0.3 is 0 Å². The summed E-state index contributed by atoms with van der Waals surface area (Å²) in [5.74, 6) is 0.922. The van der Waals surface area contributed by atoms with Gasteiger partial charge in [-0.25, -0.2) is 0 Å². The molecule has 2 heterocycles. The van der Waals surface area contributed by atoms with Crippen molar-refractivity contribution < 1.29 is 14.0 Å². The number of ether oxygens (including phenoxy) is 2. The highest BCUT2D eigenvalue weighted by Gasteiger charge is 2.44. The van der Waals surface area contributed by atoms with Gasteiger partial charge < -0.3 is 14.4 Å². The molecule has 1 atom stereocenters. The third kappa shape index (κ3) is 4.99. The maximum atomic E-state index is 5.70. The Morgan fingerprint density at radius 2 is 1.80 bits per heavy atom. The van der Waals surface area contributed by atoms with E-state index in [-0.39, 0.29) is 16.9 Å². The highest BCUT2D eigenvalue weighted by Crippen LogP contribution is 2.50. The third-order valence-electron chi connectivity index (χ3n) is 9.93. The van der Waals surface area contributed by atoms with E-state index in [1.807, 2.05) is 7.11 Å². The minimum atomic E-state index is -0.0807. The lowest BCUT2D eigenvalue weighted by Crippen LogP contribution is -2.27. The molecule has 4 aliphatic rings. The Bertz CT molecular complexity index is 1440. The summed E-state index contributed by atoms with van der Waals surface area (Å²) in [6.45, 7) is 18.1. The van der Waals surface area contributed by atoms with Gasteiger partial charge in [-0.3, -0.25) is 0 Å². The molecule has 1 unspecified atom stereocenters. The monoisotopic (exact) mass is 553 g/mol. The summed E-state index contributed by atoms with van der Waals surface area (Å²) in [5.41, 5.74) is 12.5. The maximum absolute atomic E-state index is 5.70. The quantitative estimate of drug-likeness (QED) is 0.316. The van der Waals surface area contributed by atoms with Crippen LogP contribution >= 0.6 is 0 Å². The number of benzene rings is 1. The minimum Gasteiger partial charge on any atom is -0.497 e. The fourth-order valence-corrected chi connectivity index (χ4v) is 7.37. The van der Waals surface area contributed by atoms with Gasteiger partial charge in [0.1, 0.15) is 12.3 Å². The Hall–Kier alpha value is -3.11. The summed E-state index contributed by atoms with van der Waals surface area (Å²) in [6.07, 6.45) is 18.7. The second-order valence-corrected chi connectivity index (χ2v) is 12.8. The average Bonchev–Trinajstić information content (AvgIpc) is 3.32. The Kier molecular flexibility index (Phi) is 8.09. The Morgan fingerprint density at radius 3 is 2.49 bits per heavy atom. The fourth-order valence-electron chi connectivity index (χ4n) is 7.37. The van der Waals surface area contributed by atoms with Gasteiger partial charge in [-0.1, -0.05) is 32.1 Å². The van der Waals surface area contributed by atoms with Crippen LogP contribution < -0.4 is 4.74 Å². The van der Waals surface area contributed by atoms with Crippen molar-refractivity contribution in [3.8, 4) is 5.75 Å². The molecule has 218 valence electrons. The second kappa shape index (κ2) is 11.3. The molecule has 2 aliphatic heterocycles. The summed E-state index contributed by atoms with van der Waals surface area (Å²) in [7, 11) is 3.56. The van der Waals surface area contributed by atoms with Crippen LogP contribution in [0.4, 0.5) is 5.69 Å². The molecule has 5 rings (SSSR count). The van der Waals surface area contributed by atoms with Crippen molar-refractivity contribution in [3.63, 3.8) is 0 Å². The van der Waals surface area contributed by atoms with E-state index in [4.69, 9.17) is 9.47 Å². The molecule has 1 aromatic rings. The predicted octanol–water partition coefficient (Wildman–Crippen LogP) is 8.55. The molecule has 0 radical (unpaired) electrons. The van der Waals surface area contributed by atoms with Gasteiger partial charge in [0, 0.05) is 54.6 Å². The fraction of sp³-hybridized carbons (Fsp3) is 0.486. The first-order valence-corrected chi connectivity index (χ1v) is 15.4. The highest BCUT2D eigenvalue weighted by atomic mass is 16.5. The van der Waals surface area contributed by atoms with Gasteiger partial charge in [0.2, 0.25) is 5.69 Å². The van der Waals surface area contributed by atoms with Crippen molar-refractivity contribution in [2.75, 3.05) is 27.3 Å². The molecule has 0 saturated carbocycles. The summed E-state index contributed by atoms with van der Waals surface area (Å²) in [5, 5.41) is 0. The van der Waals surface area contributed by atoms with Crippen LogP contribution in [-0.4, -0.2) is 48.6 Å². The molecule has 41 heavy (non-hydrogen) atoms. The normalized spacial score (nSPS) is 25.3. The van der Waals surface area contributed by atoms with E-state index >= 15 is 0 Å². The summed E-state index contributed by atoms with van der Waals surface area (Å²) in [4.78, 5) is 2.50. The van der Waals surface area contributed by atoms with Crippen LogP contribution in [0.1, 0.15) is 79.7 Å². The molecule has 4 heteroatoms. The van der Waals surface area contributed by atoms with Crippen LogP contribution in [0.15, 0.2) is 88.3 Å². The first kappa shape index (κ1) is 29.4. The summed E-state index contributed by atoms with van der Waals surface area (Å²) >= 11 is 0. The van der Waals surface area contributed by atoms with Crippen molar-refractivity contribution in [2.24, 2.45) is 5.41 Å². The van der Waals surface area contributed by atoms with Crippen molar-refractivity contribution in [2.45, 2.75) is 85.7 Å². The smallest absolute Gasteiger partial charge is 0.210 e. The van der Waals surface area contributed by atoms with Gasteiger partial charge in [-0.15, -0.1) is 0 Å². The Labute approximate surface area is 248 Å². The lowest BCUT2D eigenvalue weighted by molar-refractivity contribution is -0.433. The number of fused-ring (bicyclic) bond motifs is 1. The molecule has 4 nitrogen and oxygen atoms in total. The lowest BCUT2D eigenvalue weighted by Gasteiger charge is -2.29. The van der Waals surface area contributed by atoms with Crippen LogP contribution in [0.2, 0.25) is 0 Å². The third-order valence-corrected chi connectivity index (χ3v) is 9.93. The molecule has 2 aliphatic carbocycles. The van der Waals surface area contributed by atoms with Gasteiger partial charge in [0.25, 0.3) is 0 Å². The minimum absolute atomic E-state index is 0.00897. The number of allylic oxidation sites excluding steroid dienone is 9. The molecule has 1 aromatic carbocycles. The van der Waals surface area contributed by atoms with Crippen molar-refractivity contribution in [3.05, 3.63) is 93.9 Å².